The quantitative estimate of drug-likeness (QED) is 0.745. The van der Waals surface area contributed by atoms with E-state index in [4.69, 9.17) is 0 Å². The van der Waals surface area contributed by atoms with Crippen molar-refractivity contribution in [2.75, 3.05) is 13.1 Å². The number of aliphatic hydroxyl groups is 1. The van der Waals surface area contributed by atoms with Crippen LogP contribution in [0.5, 0.6) is 0 Å². The van der Waals surface area contributed by atoms with Crippen LogP contribution in [0.2, 0.25) is 0 Å². The Kier molecular flexibility index (Phi) is 5.50. The molecule has 0 radical (unpaired) electrons. The molecule has 1 amide bonds. The third-order valence-corrected chi connectivity index (χ3v) is 7.60. The van der Waals surface area contributed by atoms with E-state index in [0.29, 0.717) is 31.4 Å². The fourth-order valence-electron chi connectivity index (χ4n) is 5.59. The van der Waals surface area contributed by atoms with E-state index in [-0.39, 0.29) is 53.0 Å². The van der Waals surface area contributed by atoms with Crippen molar-refractivity contribution in [1.82, 2.24) is 14.5 Å². The molecule has 33 heavy (non-hydrogen) atoms. The molecule has 1 atom stereocenters. The molecule has 0 bridgehead atoms. The van der Waals surface area contributed by atoms with Gasteiger partial charge in [0.2, 0.25) is 0 Å². The van der Waals surface area contributed by atoms with E-state index in [1.807, 2.05) is 0 Å². The molecule has 2 aliphatic carbocycles. The number of rotatable bonds is 3. The predicted octanol–water partition coefficient (Wildman–Crippen LogP) is 4.05. The number of piperidine rings is 1. The average Bonchev–Trinajstić information content (AvgIpc) is 3.57. The Bertz CT molecular complexity index is 1100. The number of aromatic nitrogens is 2. The number of hydrogen-bond donors (Lipinski definition) is 1. The fourth-order valence-corrected chi connectivity index (χ4v) is 5.59. The highest BCUT2D eigenvalue weighted by Gasteiger charge is 2.40. The van der Waals surface area contributed by atoms with Crippen molar-refractivity contribution in [3.8, 4) is 0 Å². The van der Waals surface area contributed by atoms with Crippen LogP contribution in [0.1, 0.15) is 72.6 Å². The molecule has 2 saturated carbocycles. The molecule has 1 aromatic carbocycles. The summed E-state index contributed by atoms with van der Waals surface area (Å²) in [5, 5.41) is 9.72. The Balaban J connectivity index is 1.40. The summed E-state index contributed by atoms with van der Waals surface area (Å²) in [6.45, 7) is 0.322. The van der Waals surface area contributed by atoms with Gasteiger partial charge >= 0.3 is 6.18 Å². The summed E-state index contributed by atoms with van der Waals surface area (Å²) in [4.78, 5) is 31.8. The lowest BCUT2D eigenvalue weighted by Gasteiger charge is -2.37. The summed E-state index contributed by atoms with van der Waals surface area (Å²) in [7, 11) is 1.43. The minimum absolute atomic E-state index is 0.0123. The zero-order chi connectivity index (χ0) is 23.5. The molecule has 1 aromatic heterocycles. The number of carbonyl (C=O) groups excluding carboxylic acids is 2. The average molecular weight is 464 g/mol. The van der Waals surface area contributed by atoms with E-state index >= 15 is 0 Å². The Morgan fingerprint density at radius 3 is 2.39 bits per heavy atom. The van der Waals surface area contributed by atoms with Crippen LogP contribution in [-0.2, 0) is 18.0 Å². The van der Waals surface area contributed by atoms with E-state index in [1.54, 1.807) is 6.07 Å². The van der Waals surface area contributed by atoms with Crippen LogP contribution in [-0.4, -0.2) is 50.4 Å². The Hall–Kier alpha value is -2.42. The Morgan fingerprint density at radius 1 is 1.09 bits per heavy atom. The second kappa shape index (κ2) is 8.11. The van der Waals surface area contributed by atoms with Gasteiger partial charge in [0.25, 0.3) is 5.91 Å². The molecule has 2 heterocycles. The number of aryl methyl sites for hydroxylation is 1. The maximum Gasteiger partial charge on any atom is 0.418 e. The van der Waals surface area contributed by atoms with Crippen LogP contribution in [0.15, 0.2) is 12.1 Å². The van der Waals surface area contributed by atoms with Crippen molar-refractivity contribution in [1.29, 1.82) is 0 Å². The molecule has 3 fully saturated rings. The first kappa shape index (κ1) is 22.4. The summed E-state index contributed by atoms with van der Waals surface area (Å²) >= 11 is 0. The van der Waals surface area contributed by atoms with Crippen LogP contribution in [0.25, 0.3) is 11.0 Å². The minimum atomic E-state index is -4.56. The summed E-state index contributed by atoms with van der Waals surface area (Å²) in [6, 6.07) is 2.85. The molecule has 5 rings (SSSR count). The SMILES string of the molecule is Cn1c(C(=O)N2CCC([C@H]3CC[C@H](O)CC3)C(=O)C2)nc2cc(C3CC3)cc(C(F)(F)F)c21. The maximum atomic E-state index is 13.8. The van der Waals surface area contributed by atoms with Gasteiger partial charge in [0, 0.05) is 19.5 Å². The summed E-state index contributed by atoms with van der Waals surface area (Å²) in [5.41, 5.74) is -0.0949. The highest BCUT2D eigenvalue weighted by Crippen LogP contribution is 2.44. The van der Waals surface area contributed by atoms with Crippen LogP contribution in [0, 0.1) is 11.8 Å². The van der Waals surface area contributed by atoms with Gasteiger partial charge in [-0.15, -0.1) is 0 Å². The first-order chi connectivity index (χ1) is 15.6. The van der Waals surface area contributed by atoms with Crippen molar-refractivity contribution in [2.45, 2.75) is 63.1 Å². The third-order valence-electron chi connectivity index (χ3n) is 7.60. The largest absolute Gasteiger partial charge is 0.418 e. The number of aliphatic hydroxyl groups excluding tert-OH is 1. The lowest BCUT2D eigenvalue weighted by atomic mass is 9.74. The number of amides is 1. The number of nitrogens with zero attached hydrogens (tertiary/aromatic N) is 3. The van der Waals surface area contributed by atoms with Crippen molar-refractivity contribution in [2.24, 2.45) is 18.9 Å². The molecule has 2 aromatic rings. The molecular formula is C24H28F3N3O3. The normalized spacial score (nSPS) is 26.8. The fraction of sp³-hybridized carbons (Fsp3) is 0.625. The number of hydrogen-bond acceptors (Lipinski definition) is 4. The lowest BCUT2D eigenvalue weighted by molar-refractivity contribution is -0.136. The first-order valence-corrected chi connectivity index (χ1v) is 11.7. The summed E-state index contributed by atoms with van der Waals surface area (Å²) < 4.78 is 42.7. The second-order valence-electron chi connectivity index (χ2n) is 9.86. The highest BCUT2D eigenvalue weighted by atomic mass is 19.4. The zero-order valence-corrected chi connectivity index (χ0v) is 18.6. The summed E-state index contributed by atoms with van der Waals surface area (Å²) in [5.74, 6) is -0.379. The number of ketones is 1. The summed E-state index contributed by atoms with van der Waals surface area (Å²) in [6.07, 6.45) is 0.408. The molecule has 1 unspecified atom stereocenters. The van der Waals surface area contributed by atoms with Gasteiger partial charge in [-0.2, -0.15) is 13.2 Å². The predicted molar refractivity (Wildman–Crippen MR) is 115 cm³/mol. The van der Waals surface area contributed by atoms with Gasteiger partial charge in [-0.25, -0.2) is 4.98 Å². The van der Waals surface area contributed by atoms with Crippen LogP contribution < -0.4 is 0 Å². The van der Waals surface area contributed by atoms with Gasteiger partial charge in [0.1, 0.15) is 0 Å². The standard InChI is InChI=1S/C24H28F3N3O3/c1-29-21-18(24(25,26)27)10-15(13-2-3-13)11-19(21)28-22(29)23(33)30-9-8-17(20(32)12-30)14-4-6-16(31)7-5-14/h10-11,13-14,16-17,31H,2-9,12H2,1H3/t14-,16-,17?. The number of halogens is 3. The van der Waals surface area contributed by atoms with Gasteiger partial charge in [0.15, 0.2) is 11.6 Å². The molecule has 1 aliphatic heterocycles. The number of fused-ring (bicyclic) bond motifs is 1. The number of benzene rings is 1. The molecule has 1 N–H and O–H groups in total. The number of alkyl halides is 3. The molecule has 3 aliphatic rings. The van der Waals surface area contributed by atoms with Gasteiger partial charge < -0.3 is 14.6 Å². The smallest absolute Gasteiger partial charge is 0.393 e. The number of Topliss-reactive ketones (excluding diaryl/α,β-unsaturated/α-hetero) is 1. The van der Waals surface area contributed by atoms with Gasteiger partial charge in [-0.05, 0) is 74.5 Å². The molecular weight excluding hydrogens is 435 g/mol. The minimum Gasteiger partial charge on any atom is -0.393 e. The van der Waals surface area contributed by atoms with E-state index < -0.39 is 17.6 Å². The maximum absolute atomic E-state index is 13.8. The number of likely N-dealkylation sites (tertiary alicyclic amines) is 1. The Morgan fingerprint density at radius 2 is 1.79 bits per heavy atom. The first-order valence-electron chi connectivity index (χ1n) is 11.7. The van der Waals surface area contributed by atoms with Gasteiger partial charge in [-0.3, -0.25) is 9.59 Å². The van der Waals surface area contributed by atoms with Crippen LogP contribution >= 0.6 is 0 Å². The number of carbonyl (C=O) groups is 2. The van der Waals surface area contributed by atoms with E-state index in [2.05, 4.69) is 4.98 Å². The Labute approximate surface area is 189 Å². The van der Waals surface area contributed by atoms with E-state index in [0.717, 1.165) is 25.7 Å². The molecule has 0 spiro atoms. The van der Waals surface area contributed by atoms with E-state index in [9.17, 15) is 27.9 Å². The second-order valence-corrected chi connectivity index (χ2v) is 9.86. The molecule has 1 saturated heterocycles. The van der Waals surface area contributed by atoms with Crippen molar-refractivity contribution >= 4 is 22.7 Å². The van der Waals surface area contributed by atoms with Gasteiger partial charge in [0.05, 0.1) is 29.2 Å². The van der Waals surface area contributed by atoms with Gasteiger partial charge in [-0.1, -0.05) is 0 Å². The lowest BCUT2D eigenvalue weighted by Crippen LogP contribution is -2.47. The molecule has 178 valence electrons. The number of imidazole rings is 1. The third kappa shape index (κ3) is 4.16. The molecule has 9 heteroatoms. The van der Waals surface area contributed by atoms with Crippen LogP contribution in [0.3, 0.4) is 0 Å². The van der Waals surface area contributed by atoms with Crippen molar-refractivity contribution in [3.63, 3.8) is 0 Å². The highest BCUT2D eigenvalue weighted by molar-refractivity contribution is 5.98. The van der Waals surface area contributed by atoms with E-state index in [1.165, 1.54) is 22.6 Å². The van der Waals surface area contributed by atoms with Crippen molar-refractivity contribution in [3.05, 3.63) is 29.1 Å². The monoisotopic (exact) mass is 463 g/mol. The zero-order valence-electron chi connectivity index (χ0n) is 18.6. The topological polar surface area (TPSA) is 75.4 Å². The molecule has 6 nitrogen and oxygen atoms in total. The van der Waals surface area contributed by atoms with Crippen molar-refractivity contribution < 1.29 is 27.9 Å². The van der Waals surface area contributed by atoms with Crippen LogP contribution in [0.4, 0.5) is 13.2 Å².